The standard InChI is InChI=1S/C13H21N3O2/c1-9-7-15-12(18-9)10(2)16-11(17)6-13(8-14)4-3-5-13/h7,10H,3-6,8,14H2,1-2H3,(H,16,17). The molecule has 0 bridgehead atoms. The summed E-state index contributed by atoms with van der Waals surface area (Å²) in [7, 11) is 0. The monoisotopic (exact) mass is 251 g/mol. The number of aromatic nitrogens is 1. The molecule has 1 aliphatic rings. The molecule has 1 atom stereocenters. The fraction of sp³-hybridized carbons (Fsp3) is 0.692. The Kier molecular flexibility index (Phi) is 3.71. The number of hydrogen-bond donors (Lipinski definition) is 2. The molecule has 1 aromatic heterocycles. The predicted molar refractivity (Wildman–Crippen MR) is 67.8 cm³/mol. The van der Waals surface area contributed by atoms with Crippen LogP contribution in [-0.2, 0) is 4.79 Å². The minimum atomic E-state index is -0.193. The van der Waals surface area contributed by atoms with Crippen LogP contribution in [0.15, 0.2) is 10.6 Å². The topological polar surface area (TPSA) is 81.2 Å². The van der Waals surface area contributed by atoms with Gasteiger partial charge in [-0.1, -0.05) is 6.42 Å². The zero-order valence-corrected chi connectivity index (χ0v) is 11.0. The Balaban J connectivity index is 1.87. The highest BCUT2D eigenvalue weighted by molar-refractivity contribution is 5.77. The number of aryl methyl sites for hydroxylation is 1. The van der Waals surface area contributed by atoms with Gasteiger partial charge in [-0.3, -0.25) is 4.79 Å². The van der Waals surface area contributed by atoms with Crippen molar-refractivity contribution in [3.05, 3.63) is 17.8 Å². The molecule has 0 spiro atoms. The van der Waals surface area contributed by atoms with Crippen molar-refractivity contribution in [1.29, 1.82) is 0 Å². The Bertz CT molecular complexity index is 418. The Hall–Kier alpha value is -1.36. The van der Waals surface area contributed by atoms with Gasteiger partial charge in [-0.2, -0.15) is 0 Å². The van der Waals surface area contributed by atoms with E-state index in [0.29, 0.717) is 18.9 Å². The molecule has 5 nitrogen and oxygen atoms in total. The molecule has 1 fully saturated rings. The van der Waals surface area contributed by atoms with Crippen molar-refractivity contribution in [2.75, 3.05) is 6.54 Å². The second kappa shape index (κ2) is 5.10. The lowest BCUT2D eigenvalue weighted by Gasteiger charge is -2.40. The number of nitrogens with one attached hydrogen (secondary N) is 1. The van der Waals surface area contributed by atoms with Gasteiger partial charge in [0.05, 0.1) is 6.20 Å². The maximum atomic E-state index is 12.0. The molecule has 0 saturated heterocycles. The van der Waals surface area contributed by atoms with Gasteiger partial charge < -0.3 is 15.5 Å². The quantitative estimate of drug-likeness (QED) is 0.834. The van der Waals surface area contributed by atoms with E-state index in [1.54, 1.807) is 6.20 Å². The fourth-order valence-corrected chi connectivity index (χ4v) is 2.40. The summed E-state index contributed by atoms with van der Waals surface area (Å²) in [5.41, 5.74) is 5.79. The highest BCUT2D eigenvalue weighted by Crippen LogP contribution is 2.42. The van der Waals surface area contributed by atoms with Gasteiger partial charge in [0.2, 0.25) is 11.8 Å². The first-order valence-corrected chi connectivity index (χ1v) is 6.46. The van der Waals surface area contributed by atoms with E-state index >= 15 is 0 Å². The van der Waals surface area contributed by atoms with Crippen LogP contribution in [0.25, 0.3) is 0 Å². The smallest absolute Gasteiger partial charge is 0.221 e. The number of nitrogens with two attached hydrogens (primary N) is 1. The molecular weight excluding hydrogens is 230 g/mol. The van der Waals surface area contributed by atoms with Gasteiger partial charge in [0.1, 0.15) is 11.8 Å². The maximum Gasteiger partial charge on any atom is 0.221 e. The van der Waals surface area contributed by atoms with Gasteiger partial charge in [0.15, 0.2) is 0 Å². The second-order valence-electron chi connectivity index (χ2n) is 5.33. The number of oxazole rings is 1. The third kappa shape index (κ3) is 2.72. The van der Waals surface area contributed by atoms with Gasteiger partial charge in [-0.15, -0.1) is 0 Å². The molecule has 0 aliphatic heterocycles. The summed E-state index contributed by atoms with van der Waals surface area (Å²) in [6.45, 7) is 4.30. The Morgan fingerprint density at radius 2 is 2.39 bits per heavy atom. The van der Waals surface area contributed by atoms with Crippen molar-refractivity contribution in [3.8, 4) is 0 Å². The predicted octanol–water partition coefficient (Wildman–Crippen LogP) is 1.68. The minimum Gasteiger partial charge on any atom is -0.444 e. The molecule has 0 radical (unpaired) electrons. The number of hydrogen-bond acceptors (Lipinski definition) is 4. The van der Waals surface area contributed by atoms with Gasteiger partial charge >= 0.3 is 0 Å². The average molecular weight is 251 g/mol. The van der Waals surface area contributed by atoms with Crippen LogP contribution >= 0.6 is 0 Å². The van der Waals surface area contributed by atoms with E-state index in [1.165, 1.54) is 6.42 Å². The average Bonchev–Trinajstić information content (AvgIpc) is 2.70. The molecule has 0 aromatic carbocycles. The number of amides is 1. The minimum absolute atomic E-state index is 0.0310. The molecule has 5 heteroatoms. The van der Waals surface area contributed by atoms with Crippen molar-refractivity contribution >= 4 is 5.91 Å². The molecule has 1 aromatic rings. The van der Waals surface area contributed by atoms with Crippen molar-refractivity contribution in [3.63, 3.8) is 0 Å². The molecule has 3 N–H and O–H groups in total. The van der Waals surface area contributed by atoms with Crippen LogP contribution in [0.4, 0.5) is 0 Å². The summed E-state index contributed by atoms with van der Waals surface area (Å²) in [6.07, 6.45) is 5.46. The van der Waals surface area contributed by atoms with E-state index in [0.717, 1.165) is 18.6 Å². The highest BCUT2D eigenvalue weighted by atomic mass is 16.4. The van der Waals surface area contributed by atoms with Crippen LogP contribution in [0.2, 0.25) is 0 Å². The molecule has 1 heterocycles. The van der Waals surface area contributed by atoms with Crippen molar-refractivity contribution in [2.24, 2.45) is 11.1 Å². The molecule has 1 unspecified atom stereocenters. The normalized spacial score (nSPS) is 19.1. The Labute approximate surface area is 107 Å². The van der Waals surface area contributed by atoms with Gasteiger partial charge in [-0.25, -0.2) is 4.98 Å². The number of carbonyl (C=O) groups is 1. The van der Waals surface area contributed by atoms with E-state index in [1.807, 2.05) is 13.8 Å². The van der Waals surface area contributed by atoms with Gasteiger partial charge in [0, 0.05) is 6.42 Å². The summed E-state index contributed by atoms with van der Waals surface area (Å²) in [5.74, 6) is 1.34. The lowest BCUT2D eigenvalue weighted by molar-refractivity contribution is -0.125. The third-order valence-electron chi connectivity index (χ3n) is 3.77. The van der Waals surface area contributed by atoms with Gasteiger partial charge in [-0.05, 0) is 38.6 Å². The Morgan fingerprint density at radius 3 is 2.83 bits per heavy atom. The van der Waals surface area contributed by atoms with E-state index < -0.39 is 0 Å². The molecule has 100 valence electrons. The third-order valence-corrected chi connectivity index (χ3v) is 3.77. The van der Waals surface area contributed by atoms with Crippen LogP contribution in [0, 0.1) is 12.3 Å². The first-order chi connectivity index (χ1) is 8.54. The Morgan fingerprint density at radius 1 is 1.67 bits per heavy atom. The van der Waals surface area contributed by atoms with Gasteiger partial charge in [0.25, 0.3) is 0 Å². The lowest BCUT2D eigenvalue weighted by Crippen LogP contribution is -2.42. The van der Waals surface area contributed by atoms with Crippen LogP contribution in [0.3, 0.4) is 0 Å². The van der Waals surface area contributed by atoms with Crippen LogP contribution in [0.5, 0.6) is 0 Å². The molecule has 1 aliphatic carbocycles. The van der Waals surface area contributed by atoms with Crippen LogP contribution in [0.1, 0.15) is 50.3 Å². The first-order valence-electron chi connectivity index (χ1n) is 6.46. The number of rotatable bonds is 5. The van der Waals surface area contributed by atoms with Crippen LogP contribution in [-0.4, -0.2) is 17.4 Å². The zero-order chi connectivity index (χ0) is 13.2. The first kappa shape index (κ1) is 13.1. The number of carbonyl (C=O) groups excluding carboxylic acids is 1. The molecular formula is C13H21N3O2. The molecule has 18 heavy (non-hydrogen) atoms. The van der Waals surface area contributed by atoms with E-state index in [-0.39, 0.29) is 17.4 Å². The summed E-state index contributed by atoms with van der Waals surface area (Å²) in [4.78, 5) is 16.1. The summed E-state index contributed by atoms with van der Waals surface area (Å²) < 4.78 is 5.39. The highest BCUT2D eigenvalue weighted by Gasteiger charge is 2.37. The summed E-state index contributed by atoms with van der Waals surface area (Å²) in [6, 6.07) is -0.193. The van der Waals surface area contributed by atoms with Crippen molar-refractivity contribution in [2.45, 2.75) is 45.6 Å². The van der Waals surface area contributed by atoms with Crippen molar-refractivity contribution in [1.82, 2.24) is 10.3 Å². The van der Waals surface area contributed by atoms with E-state index in [4.69, 9.17) is 10.2 Å². The number of nitrogens with zero attached hydrogens (tertiary/aromatic N) is 1. The lowest BCUT2D eigenvalue weighted by atomic mass is 9.66. The maximum absolute atomic E-state index is 12.0. The van der Waals surface area contributed by atoms with E-state index in [2.05, 4.69) is 10.3 Å². The SMILES string of the molecule is Cc1cnc(C(C)NC(=O)CC2(CN)CCC2)o1. The zero-order valence-electron chi connectivity index (χ0n) is 11.0. The molecule has 1 saturated carbocycles. The second-order valence-corrected chi connectivity index (χ2v) is 5.33. The molecule has 1 amide bonds. The van der Waals surface area contributed by atoms with Crippen molar-refractivity contribution < 1.29 is 9.21 Å². The largest absolute Gasteiger partial charge is 0.444 e. The fourth-order valence-electron chi connectivity index (χ4n) is 2.40. The summed E-state index contributed by atoms with van der Waals surface area (Å²) in [5, 5.41) is 2.92. The molecule has 2 rings (SSSR count). The van der Waals surface area contributed by atoms with Crippen LogP contribution < -0.4 is 11.1 Å². The van der Waals surface area contributed by atoms with E-state index in [9.17, 15) is 4.79 Å². The summed E-state index contributed by atoms with van der Waals surface area (Å²) >= 11 is 0.